The third-order valence-corrected chi connectivity index (χ3v) is 5.33. The summed E-state index contributed by atoms with van der Waals surface area (Å²) in [6.45, 7) is -0.475. The lowest BCUT2D eigenvalue weighted by Crippen LogP contribution is -2.53. The van der Waals surface area contributed by atoms with Gasteiger partial charge >= 0.3 is 0 Å². The van der Waals surface area contributed by atoms with E-state index in [2.05, 4.69) is 0 Å². The van der Waals surface area contributed by atoms with Gasteiger partial charge in [0.05, 0.1) is 29.8 Å². The highest BCUT2D eigenvalue weighted by atomic mass is 35.5. The first-order valence-electron chi connectivity index (χ1n) is 7.39. The van der Waals surface area contributed by atoms with Crippen molar-refractivity contribution in [1.29, 1.82) is 0 Å². The molecule has 2 fully saturated rings. The van der Waals surface area contributed by atoms with Crippen molar-refractivity contribution in [3.05, 3.63) is 0 Å². The molecule has 11 heteroatoms. The van der Waals surface area contributed by atoms with E-state index in [0.717, 1.165) is 0 Å². The molecule has 24 heavy (non-hydrogen) atoms. The zero-order chi connectivity index (χ0) is 18.1. The van der Waals surface area contributed by atoms with Crippen LogP contribution in [0.15, 0.2) is 0 Å². The molecule has 2 aliphatic heterocycles. The standard InChI is InChI=1S/C13H21Cl3O8/c14-2-7-10(20)11(21)13(4-15,23-7)24-12-9(19)6(18)1-5(16)8(3-17)22-12/h5-12,17-21H,1-4H2. The highest BCUT2D eigenvalue weighted by Crippen LogP contribution is 2.37. The van der Waals surface area contributed by atoms with Crippen molar-refractivity contribution in [1.82, 2.24) is 0 Å². The zero-order valence-corrected chi connectivity index (χ0v) is 14.8. The molecule has 142 valence electrons. The fraction of sp³-hybridized carbons (Fsp3) is 1.00. The Balaban J connectivity index is 2.22. The highest BCUT2D eigenvalue weighted by molar-refractivity contribution is 6.21. The molecule has 0 bridgehead atoms. The van der Waals surface area contributed by atoms with Crippen LogP contribution in [0.1, 0.15) is 6.42 Å². The van der Waals surface area contributed by atoms with Gasteiger partial charge in [0, 0.05) is 0 Å². The number of rotatable bonds is 5. The van der Waals surface area contributed by atoms with Crippen LogP contribution in [-0.2, 0) is 14.2 Å². The van der Waals surface area contributed by atoms with E-state index in [4.69, 9.17) is 49.0 Å². The van der Waals surface area contributed by atoms with Crippen LogP contribution < -0.4 is 0 Å². The summed E-state index contributed by atoms with van der Waals surface area (Å²) in [5.74, 6) is -2.44. The summed E-state index contributed by atoms with van der Waals surface area (Å²) in [4.78, 5) is 0. The van der Waals surface area contributed by atoms with Crippen molar-refractivity contribution in [2.45, 2.75) is 60.5 Å². The van der Waals surface area contributed by atoms with Crippen LogP contribution in [-0.4, -0.2) is 98.0 Å². The topological polar surface area (TPSA) is 129 Å². The van der Waals surface area contributed by atoms with Gasteiger partial charge in [-0.2, -0.15) is 0 Å². The second-order valence-electron chi connectivity index (χ2n) is 5.84. The first kappa shape index (κ1) is 20.9. The van der Waals surface area contributed by atoms with Gasteiger partial charge in [-0.25, -0.2) is 0 Å². The molecule has 0 radical (unpaired) electrons. The van der Waals surface area contributed by atoms with Gasteiger partial charge in [-0.3, -0.25) is 0 Å². The molecule has 9 unspecified atom stereocenters. The molecular weight excluding hydrogens is 390 g/mol. The fourth-order valence-corrected chi connectivity index (χ4v) is 3.57. The molecule has 8 nitrogen and oxygen atoms in total. The number of hydrogen-bond acceptors (Lipinski definition) is 8. The lowest BCUT2D eigenvalue weighted by Gasteiger charge is -2.36. The van der Waals surface area contributed by atoms with Gasteiger partial charge in [0.25, 0.3) is 0 Å². The van der Waals surface area contributed by atoms with E-state index < -0.39 is 66.6 Å². The molecule has 0 aliphatic carbocycles. The summed E-state index contributed by atoms with van der Waals surface area (Å²) in [6, 6.07) is 0. The van der Waals surface area contributed by atoms with E-state index in [9.17, 15) is 25.5 Å². The van der Waals surface area contributed by atoms with Crippen LogP contribution in [0.3, 0.4) is 0 Å². The summed E-state index contributed by atoms with van der Waals surface area (Å²) in [5, 5.41) is 48.9. The summed E-state index contributed by atoms with van der Waals surface area (Å²) < 4.78 is 16.4. The second kappa shape index (κ2) is 8.49. The van der Waals surface area contributed by atoms with E-state index in [0.29, 0.717) is 0 Å². The van der Waals surface area contributed by atoms with E-state index in [1.54, 1.807) is 0 Å². The van der Waals surface area contributed by atoms with Crippen molar-refractivity contribution < 1.29 is 39.7 Å². The first-order chi connectivity index (χ1) is 11.3. The molecule has 0 aromatic rings. The van der Waals surface area contributed by atoms with Gasteiger partial charge in [0.1, 0.15) is 30.5 Å². The average Bonchev–Trinajstić information content (AvgIpc) is 2.76. The minimum atomic E-state index is -1.90. The monoisotopic (exact) mass is 410 g/mol. The molecule has 0 amide bonds. The summed E-state index contributed by atoms with van der Waals surface area (Å²) in [5.41, 5.74) is 0. The second-order valence-corrected chi connectivity index (χ2v) is 6.98. The quantitative estimate of drug-likeness (QED) is 0.354. The maximum absolute atomic E-state index is 10.2. The summed E-state index contributed by atoms with van der Waals surface area (Å²) in [6.07, 6.45) is -9.17. The first-order valence-corrected chi connectivity index (χ1v) is 8.90. The van der Waals surface area contributed by atoms with Crippen LogP contribution in [0.5, 0.6) is 0 Å². The predicted octanol–water partition coefficient (Wildman–Crippen LogP) is -1.27. The Hall–Kier alpha value is 0.550. The third kappa shape index (κ3) is 3.94. The van der Waals surface area contributed by atoms with Crippen molar-refractivity contribution >= 4 is 34.8 Å². The van der Waals surface area contributed by atoms with Crippen molar-refractivity contribution in [2.24, 2.45) is 0 Å². The number of halogens is 3. The van der Waals surface area contributed by atoms with E-state index >= 15 is 0 Å². The number of aliphatic hydroxyl groups excluding tert-OH is 5. The van der Waals surface area contributed by atoms with E-state index in [1.165, 1.54) is 0 Å². The van der Waals surface area contributed by atoms with Gasteiger partial charge in [-0.05, 0) is 6.42 Å². The van der Waals surface area contributed by atoms with E-state index in [-0.39, 0.29) is 12.3 Å². The van der Waals surface area contributed by atoms with Gasteiger partial charge in [0.2, 0.25) is 5.79 Å². The molecule has 0 saturated carbocycles. The number of ether oxygens (including phenoxy) is 3. The maximum atomic E-state index is 10.2. The van der Waals surface area contributed by atoms with Crippen molar-refractivity contribution in [2.75, 3.05) is 18.4 Å². The summed E-state index contributed by atoms with van der Waals surface area (Å²) in [7, 11) is 0. The fourth-order valence-electron chi connectivity index (χ4n) is 2.71. The number of aliphatic hydroxyl groups is 5. The lowest BCUT2D eigenvalue weighted by molar-refractivity contribution is -0.340. The largest absolute Gasteiger partial charge is 0.394 e. The number of alkyl halides is 3. The van der Waals surface area contributed by atoms with Crippen LogP contribution in [0.25, 0.3) is 0 Å². The Morgan fingerprint density at radius 3 is 2.25 bits per heavy atom. The molecule has 2 rings (SSSR count). The van der Waals surface area contributed by atoms with E-state index in [1.807, 2.05) is 0 Å². The number of hydrogen-bond donors (Lipinski definition) is 5. The molecule has 0 spiro atoms. The molecule has 5 N–H and O–H groups in total. The predicted molar refractivity (Wildman–Crippen MR) is 84.2 cm³/mol. The van der Waals surface area contributed by atoms with Gasteiger partial charge in [-0.15, -0.1) is 34.8 Å². The molecular formula is C13H21Cl3O8. The van der Waals surface area contributed by atoms with Crippen molar-refractivity contribution in [3.8, 4) is 0 Å². The Bertz CT molecular complexity index is 419. The van der Waals surface area contributed by atoms with Gasteiger partial charge in [0.15, 0.2) is 6.29 Å². The smallest absolute Gasteiger partial charge is 0.214 e. The maximum Gasteiger partial charge on any atom is 0.214 e. The SMILES string of the molecule is OCC1OC(OC2(CCl)OC(CCl)C(O)C2O)C(O)C(O)CC1Cl. The molecule has 0 aromatic carbocycles. The van der Waals surface area contributed by atoms with Gasteiger partial charge in [-0.1, -0.05) is 0 Å². The Kier molecular flexibility index (Phi) is 7.38. The zero-order valence-electron chi connectivity index (χ0n) is 12.5. The minimum absolute atomic E-state index is 0.0436. The molecule has 0 aromatic heterocycles. The van der Waals surface area contributed by atoms with Crippen LogP contribution in [0, 0.1) is 0 Å². The van der Waals surface area contributed by atoms with Gasteiger partial charge < -0.3 is 39.7 Å². The molecule has 2 heterocycles. The Morgan fingerprint density at radius 2 is 1.75 bits per heavy atom. The summed E-state index contributed by atoms with van der Waals surface area (Å²) >= 11 is 17.5. The molecule has 9 atom stereocenters. The van der Waals surface area contributed by atoms with Crippen LogP contribution in [0.4, 0.5) is 0 Å². The lowest BCUT2D eigenvalue weighted by atomic mass is 10.1. The van der Waals surface area contributed by atoms with Crippen LogP contribution in [0.2, 0.25) is 0 Å². The Labute approximate surface area is 153 Å². The Morgan fingerprint density at radius 1 is 1.08 bits per heavy atom. The average molecular weight is 412 g/mol. The van der Waals surface area contributed by atoms with Crippen molar-refractivity contribution in [3.63, 3.8) is 0 Å². The molecule has 2 aliphatic rings. The highest BCUT2D eigenvalue weighted by Gasteiger charge is 2.57. The van der Waals surface area contributed by atoms with Crippen LogP contribution >= 0.6 is 34.8 Å². The third-order valence-electron chi connectivity index (χ3n) is 4.19. The normalized spacial score (nSPS) is 50.0. The molecule has 2 saturated heterocycles. The minimum Gasteiger partial charge on any atom is -0.394 e.